The molecule has 96 valence electrons. The SMILES string of the molecule is [CH2-]/C=C/CCCNS(=O)(=O)c1ccc(C)cc1.[Rf]. The predicted octanol–water partition coefficient (Wildman–Crippen LogP) is 2.44. The van der Waals surface area contributed by atoms with E-state index in [2.05, 4.69) is 11.6 Å². The van der Waals surface area contributed by atoms with Gasteiger partial charge in [-0.05, 0) is 19.1 Å². The molecule has 1 aromatic carbocycles. The van der Waals surface area contributed by atoms with E-state index < -0.39 is 10.0 Å². The Morgan fingerprint density at radius 2 is 1.89 bits per heavy atom. The Balaban J connectivity index is 0.00000289. The molecule has 0 amide bonds. The number of aryl methyl sites for hydroxylation is 1. The molecule has 1 rings (SSSR count). The first-order valence-corrected chi connectivity index (χ1v) is 7.05. The van der Waals surface area contributed by atoms with E-state index in [1.165, 1.54) is 0 Å². The summed E-state index contributed by atoms with van der Waals surface area (Å²) in [5.41, 5.74) is 1.05. The van der Waals surface area contributed by atoms with Crippen molar-refractivity contribution in [3.63, 3.8) is 0 Å². The fraction of sp³-hybridized carbons (Fsp3) is 0.308. The van der Waals surface area contributed by atoms with Crippen molar-refractivity contribution in [1.82, 2.24) is 4.72 Å². The number of hydrogen-bond donors (Lipinski definition) is 1. The van der Waals surface area contributed by atoms with Gasteiger partial charge in [-0.25, -0.2) is 32.2 Å². The average molecular weight is 519 g/mol. The van der Waals surface area contributed by atoms with Crippen LogP contribution in [0.15, 0.2) is 41.3 Å². The summed E-state index contributed by atoms with van der Waals surface area (Å²) in [4.78, 5) is 0.316. The van der Waals surface area contributed by atoms with Crippen LogP contribution >= 0.6 is 0 Å². The van der Waals surface area contributed by atoms with Crippen LogP contribution in [0.4, 0.5) is 0 Å². The summed E-state index contributed by atoms with van der Waals surface area (Å²) in [5, 5.41) is 0. The third-order valence-corrected chi connectivity index (χ3v) is 3.81. The molecule has 0 aliphatic heterocycles. The van der Waals surface area contributed by atoms with Gasteiger partial charge in [0.1, 0.15) is 0 Å². The minimum absolute atomic E-state index is 0. The van der Waals surface area contributed by atoms with Crippen molar-refractivity contribution in [1.29, 1.82) is 0 Å². The zero-order valence-electron chi connectivity index (χ0n) is 10.7. The molecule has 0 radical (unpaired) electrons. The van der Waals surface area contributed by atoms with E-state index in [0.717, 1.165) is 18.4 Å². The van der Waals surface area contributed by atoms with Gasteiger partial charge >= 0.3 is 0 Å². The topological polar surface area (TPSA) is 46.2 Å². The minimum atomic E-state index is -3.35. The van der Waals surface area contributed by atoms with Crippen LogP contribution in [-0.2, 0) is 10.0 Å². The van der Waals surface area contributed by atoms with Crippen LogP contribution in [0.2, 0.25) is 0 Å². The fourth-order valence-electron chi connectivity index (χ4n) is 1.35. The second kappa shape index (κ2) is 7.14. The maximum atomic E-state index is 11.8. The quantitative estimate of drug-likeness (QED) is 0.464. The molecule has 5 heteroatoms. The van der Waals surface area contributed by atoms with Gasteiger partial charge in [0.2, 0.25) is 10.0 Å². The fourth-order valence-corrected chi connectivity index (χ4v) is 2.42. The largest absolute Gasteiger partial charge is 0.245 e. The number of benzene rings is 1. The first kappa shape index (κ1) is 15.7. The molecule has 0 atom stereocenters. The van der Waals surface area contributed by atoms with E-state index in [9.17, 15) is 8.42 Å². The van der Waals surface area contributed by atoms with Gasteiger partial charge < -0.3 is 0 Å². The van der Waals surface area contributed by atoms with Crippen LogP contribution in [0, 0.1) is 13.8 Å². The first-order valence-electron chi connectivity index (χ1n) is 5.57. The Labute approximate surface area is 104 Å². The van der Waals surface area contributed by atoms with Crippen molar-refractivity contribution < 1.29 is 8.42 Å². The van der Waals surface area contributed by atoms with Crippen molar-refractivity contribution in [2.75, 3.05) is 6.54 Å². The standard InChI is InChI=1S/C13H18NO2S.Rf/c1-3-4-5-6-11-14-17(15,16)13-9-7-12(2)8-10-13;/h3-4,7-10,14H,1,5-6,11H2,2H3;/q-1;/b4-3+;. The van der Waals surface area contributed by atoms with E-state index in [1.807, 2.05) is 13.0 Å². The van der Waals surface area contributed by atoms with E-state index >= 15 is 0 Å². The molecule has 0 bridgehead atoms. The van der Waals surface area contributed by atoms with Crippen molar-refractivity contribution in [2.45, 2.75) is 24.7 Å². The maximum absolute atomic E-state index is 11.8. The average Bonchev–Trinajstić information content (AvgIpc) is 2.29. The van der Waals surface area contributed by atoms with Crippen LogP contribution in [0.1, 0.15) is 18.4 Å². The monoisotopic (exact) mass is 519 g/mol. The van der Waals surface area contributed by atoms with Crippen molar-refractivity contribution in [3.05, 3.63) is 48.9 Å². The van der Waals surface area contributed by atoms with Gasteiger partial charge in [0.25, 0.3) is 0 Å². The minimum Gasteiger partial charge on any atom is -0.245 e. The third kappa shape index (κ3) is 4.72. The van der Waals surface area contributed by atoms with E-state index in [-0.39, 0.29) is 0 Å². The molecule has 0 aliphatic rings. The molecule has 0 aromatic heterocycles. The normalized spacial score (nSPS) is 11.4. The molecule has 0 saturated carbocycles. The zero-order valence-corrected chi connectivity index (χ0v) is 17.9. The number of rotatable bonds is 6. The first-order chi connectivity index (χ1) is 8.06. The zero-order chi connectivity index (χ0) is 12.7. The third-order valence-electron chi connectivity index (χ3n) is 2.34. The summed E-state index contributed by atoms with van der Waals surface area (Å²) in [5.74, 6) is 0. The molecule has 18 heavy (non-hydrogen) atoms. The van der Waals surface area contributed by atoms with E-state index in [4.69, 9.17) is 0 Å². The number of sulfonamides is 1. The summed E-state index contributed by atoms with van der Waals surface area (Å²) >= 11 is 0. The van der Waals surface area contributed by atoms with E-state index in [1.54, 1.807) is 30.3 Å². The van der Waals surface area contributed by atoms with Gasteiger partial charge in [-0.15, -0.1) is 6.42 Å². The molecular formula is C13H18NO2RfS-. The molecule has 3 nitrogen and oxygen atoms in total. The van der Waals surface area contributed by atoms with Crippen LogP contribution < -0.4 is 4.72 Å². The van der Waals surface area contributed by atoms with Crippen LogP contribution in [0.3, 0.4) is 0 Å². The molecule has 1 N–H and O–H groups in total. The number of allylic oxidation sites excluding steroid dienone is 2. The summed E-state index contributed by atoms with van der Waals surface area (Å²) in [6, 6.07) is 6.82. The molecule has 1 aromatic rings. The van der Waals surface area contributed by atoms with Gasteiger partial charge in [-0.1, -0.05) is 24.1 Å². The number of hydrogen-bond acceptors (Lipinski definition) is 2. The molecule has 0 saturated heterocycles. The van der Waals surface area contributed by atoms with Crippen molar-refractivity contribution in [3.8, 4) is 0 Å². The second-order valence-electron chi connectivity index (χ2n) is 3.82. The molecular weight excluding hydrogens is 501 g/mol. The van der Waals surface area contributed by atoms with E-state index in [0.29, 0.717) is 11.4 Å². The summed E-state index contributed by atoms with van der Waals surface area (Å²) in [6.07, 6.45) is 5.24. The van der Waals surface area contributed by atoms with Gasteiger partial charge in [-0.3, -0.25) is 0 Å². The molecule has 0 unspecified atom stereocenters. The smallest absolute Gasteiger partial charge is 0.240 e. The van der Waals surface area contributed by atoms with Crippen molar-refractivity contribution in [2.24, 2.45) is 0 Å². The Morgan fingerprint density at radius 1 is 1.28 bits per heavy atom. The van der Waals surface area contributed by atoms with Gasteiger partial charge in [0.05, 0.1) is 4.90 Å². The molecule has 0 fully saturated rings. The van der Waals surface area contributed by atoms with Crippen LogP contribution in [0.25, 0.3) is 0 Å². The Hall–Kier alpha value is -2.26. The Morgan fingerprint density at radius 3 is 2.44 bits per heavy atom. The van der Waals surface area contributed by atoms with Gasteiger partial charge in [-0.2, -0.15) is 0 Å². The molecule has 0 heterocycles. The van der Waals surface area contributed by atoms with Crippen LogP contribution in [-0.4, -0.2) is 15.0 Å². The summed E-state index contributed by atoms with van der Waals surface area (Å²) in [7, 11) is -3.35. The van der Waals surface area contributed by atoms with Crippen LogP contribution in [0.5, 0.6) is 0 Å². The molecule has 0 spiro atoms. The van der Waals surface area contributed by atoms with Gasteiger partial charge in [0.15, 0.2) is 0 Å². The van der Waals surface area contributed by atoms with Gasteiger partial charge in [0, 0.05) is 6.54 Å². The Kier molecular flexibility index (Phi) is 6.24. The molecule has 0 aliphatic carbocycles. The van der Waals surface area contributed by atoms with Crippen molar-refractivity contribution >= 4 is 10.0 Å². The number of nitrogens with one attached hydrogen (secondary N) is 1. The predicted molar refractivity (Wildman–Crippen MR) is 70.1 cm³/mol. The Bertz CT molecular complexity index is 466. The number of unbranched alkanes of at least 4 members (excludes halogenated alkanes) is 1. The summed E-state index contributed by atoms with van der Waals surface area (Å²) < 4.78 is 26.2. The summed E-state index contributed by atoms with van der Waals surface area (Å²) in [6.45, 7) is 5.94. The second-order valence-corrected chi connectivity index (χ2v) is 5.59. The maximum Gasteiger partial charge on any atom is 0.240 e.